The second-order valence-corrected chi connectivity index (χ2v) is 7.80. The lowest BCUT2D eigenvalue weighted by Crippen LogP contribution is -2.30. The fraction of sp³-hybridized carbons (Fsp3) is 0.0952. The fourth-order valence-electron chi connectivity index (χ4n) is 2.82. The number of aromatic nitrogens is 4. The first-order valence-corrected chi connectivity index (χ1v) is 10.3. The maximum absolute atomic E-state index is 13.2. The Kier molecular flexibility index (Phi) is 5.69. The van der Waals surface area contributed by atoms with Crippen molar-refractivity contribution in [2.45, 2.75) is 17.8 Å². The van der Waals surface area contributed by atoms with Gasteiger partial charge in [-0.3, -0.25) is 9.47 Å². The Morgan fingerprint density at radius 2 is 1.79 bits per heavy atom. The smallest absolute Gasteiger partial charge is 0.316 e. The van der Waals surface area contributed by atoms with Gasteiger partial charge in [0.2, 0.25) is 11.0 Å². The maximum Gasteiger partial charge on any atom is 0.316 e. The zero-order valence-corrected chi connectivity index (χ0v) is 17.2. The topological polar surface area (TPSA) is 64.7 Å². The summed E-state index contributed by atoms with van der Waals surface area (Å²) < 4.78 is 3.20. The number of benzene rings is 2. The van der Waals surface area contributed by atoms with Crippen LogP contribution >= 0.6 is 23.4 Å². The van der Waals surface area contributed by atoms with E-state index >= 15 is 0 Å². The van der Waals surface area contributed by atoms with E-state index in [0.29, 0.717) is 21.6 Å². The number of hydrogen-bond donors (Lipinski definition) is 1. The molecule has 0 aliphatic carbocycles. The summed E-state index contributed by atoms with van der Waals surface area (Å²) in [4.78, 5) is 13.2. The van der Waals surface area contributed by atoms with Crippen LogP contribution in [0.25, 0.3) is 0 Å². The molecule has 0 atom stereocenters. The van der Waals surface area contributed by atoms with Gasteiger partial charge in [-0.2, -0.15) is 4.68 Å². The van der Waals surface area contributed by atoms with Crippen molar-refractivity contribution < 1.29 is 0 Å². The zero-order valence-electron chi connectivity index (χ0n) is 15.6. The van der Waals surface area contributed by atoms with Crippen molar-refractivity contribution in [1.82, 2.24) is 19.5 Å². The molecule has 2 aromatic heterocycles. The number of halogens is 1. The van der Waals surface area contributed by atoms with Crippen LogP contribution in [0.1, 0.15) is 11.1 Å². The summed E-state index contributed by atoms with van der Waals surface area (Å²) in [7, 11) is 0. The minimum atomic E-state index is -0.294. The summed E-state index contributed by atoms with van der Waals surface area (Å²) in [5, 5.41) is 12.6. The molecule has 0 unspecified atom stereocenters. The van der Waals surface area contributed by atoms with E-state index in [1.54, 1.807) is 41.3 Å². The molecular formula is C21H18ClN5OS. The van der Waals surface area contributed by atoms with Gasteiger partial charge >= 0.3 is 5.56 Å². The number of rotatable bonds is 6. The summed E-state index contributed by atoms with van der Waals surface area (Å²) in [6, 6.07) is 19.0. The quantitative estimate of drug-likeness (QED) is 0.453. The Balaban J connectivity index is 1.67. The van der Waals surface area contributed by atoms with Crippen molar-refractivity contribution in [3.8, 4) is 0 Å². The highest BCUT2D eigenvalue weighted by Gasteiger charge is 2.14. The molecule has 29 heavy (non-hydrogen) atoms. The second kappa shape index (κ2) is 8.55. The summed E-state index contributed by atoms with van der Waals surface area (Å²) >= 11 is 7.39. The van der Waals surface area contributed by atoms with Gasteiger partial charge in [0, 0.05) is 28.9 Å². The molecule has 0 saturated carbocycles. The van der Waals surface area contributed by atoms with Crippen LogP contribution in [0, 0.1) is 6.92 Å². The van der Waals surface area contributed by atoms with Crippen molar-refractivity contribution in [1.29, 1.82) is 0 Å². The van der Waals surface area contributed by atoms with Gasteiger partial charge in [-0.15, -0.1) is 10.2 Å². The van der Waals surface area contributed by atoms with E-state index in [0.717, 1.165) is 5.56 Å². The fourth-order valence-corrected chi connectivity index (χ4v) is 3.82. The number of thioether (sulfide) groups is 1. The number of hydrogen-bond acceptors (Lipinski definition) is 5. The Hall–Kier alpha value is -3.03. The third kappa shape index (κ3) is 4.52. The average Bonchev–Trinajstić information content (AvgIpc) is 3.24. The summed E-state index contributed by atoms with van der Waals surface area (Å²) in [6.07, 6.45) is 3.59. The normalized spacial score (nSPS) is 10.8. The van der Waals surface area contributed by atoms with Gasteiger partial charge in [-0.25, -0.2) is 0 Å². The van der Waals surface area contributed by atoms with Crippen LogP contribution in [0.4, 0.5) is 11.5 Å². The van der Waals surface area contributed by atoms with Crippen molar-refractivity contribution >= 4 is 34.9 Å². The van der Waals surface area contributed by atoms with Crippen LogP contribution in [0.15, 0.2) is 83.0 Å². The lowest BCUT2D eigenvalue weighted by atomic mass is 10.2. The second-order valence-electron chi connectivity index (χ2n) is 6.42. The molecule has 0 spiro atoms. The van der Waals surface area contributed by atoms with Crippen LogP contribution in [0.2, 0.25) is 5.02 Å². The molecule has 4 aromatic rings. The lowest BCUT2D eigenvalue weighted by Gasteiger charge is -2.14. The number of aryl methyl sites for hydroxylation is 1. The molecule has 6 nitrogen and oxygen atoms in total. The molecule has 0 fully saturated rings. The van der Waals surface area contributed by atoms with Gasteiger partial charge in [0.1, 0.15) is 0 Å². The number of nitrogens with one attached hydrogen (secondary N) is 1. The van der Waals surface area contributed by atoms with Gasteiger partial charge in [0.25, 0.3) is 0 Å². The third-order valence-corrected chi connectivity index (χ3v) is 5.43. The van der Waals surface area contributed by atoms with Crippen LogP contribution in [0.3, 0.4) is 0 Å². The van der Waals surface area contributed by atoms with Crippen LogP contribution in [-0.2, 0) is 5.75 Å². The molecule has 0 aliphatic heterocycles. The highest BCUT2D eigenvalue weighted by molar-refractivity contribution is 7.98. The molecule has 1 N–H and O–H groups in total. The highest BCUT2D eigenvalue weighted by Crippen LogP contribution is 2.22. The monoisotopic (exact) mass is 423 g/mol. The predicted octanol–water partition coefficient (Wildman–Crippen LogP) is 4.75. The van der Waals surface area contributed by atoms with E-state index in [-0.39, 0.29) is 11.4 Å². The van der Waals surface area contributed by atoms with Gasteiger partial charge < -0.3 is 5.32 Å². The van der Waals surface area contributed by atoms with Crippen molar-refractivity contribution in [3.63, 3.8) is 0 Å². The zero-order chi connectivity index (χ0) is 20.2. The molecular weight excluding hydrogens is 406 g/mol. The molecule has 146 valence electrons. The van der Waals surface area contributed by atoms with E-state index in [1.165, 1.54) is 22.0 Å². The molecule has 2 heterocycles. The van der Waals surface area contributed by atoms with Crippen molar-refractivity contribution in [3.05, 3.63) is 99.6 Å². The number of anilines is 2. The maximum atomic E-state index is 13.2. The Morgan fingerprint density at radius 1 is 1.03 bits per heavy atom. The van der Waals surface area contributed by atoms with E-state index in [2.05, 4.69) is 40.6 Å². The molecule has 0 amide bonds. The van der Waals surface area contributed by atoms with Gasteiger partial charge in [-0.05, 0) is 48.9 Å². The molecule has 0 aliphatic rings. The van der Waals surface area contributed by atoms with Crippen LogP contribution < -0.4 is 10.9 Å². The summed E-state index contributed by atoms with van der Waals surface area (Å²) in [6.45, 7) is 2.06. The van der Waals surface area contributed by atoms with E-state index < -0.39 is 0 Å². The average molecular weight is 424 g/mol. The largest absolute Gasteiger partial charge is 0.334 e. The first-order valence-electron chi connectivity index (χ1n) is 8.94. The van der Waals surface area contributed by atoms with E-state index in [9.17, 15) is 4.79 Å². The van der Waals surface area contributed by atoms with Crippen molar-refractivity contribution in [2.24, 2.45) is 0 Å². The Morgan fingerprint density at radius 3 is 2.52 bits per heavy atom. The molecule has 0 saturated heterocycles. The molecule has 2 aromatic carbocycles. The highest BCUT2D eigenvalue weighted by atomic mass is 35.5. The van der Waals surface area contributed by atoms with Crippen molar-refractivity contribution in [2.75, 3.05) is 5.32 Å². The standard InChI is InChI=1S/C21H18ClN5OS/c1-15-5-4-6-16(13-15)14-29-21-25-24-19(23-18-9-7-17(22)8-10-18)20(28)27(21)26-11-2-3-12-26/h2-13H,14H2,1H3,(H,23,24). The number of nitrogens with zero attached hydrogens (tertiary/aromatic N) is 4. The summed E-state index contributed by atoms with van der Waals surface area (Å²) in [5.74, 6) is 0.821. The Bertz CT molecular complexity index is 1170. The first kappa shape index (κ1) is 19.3. The molecule has 8 heteroatoms. The SMILES string of the molecule is Cc1cccc(CSc2nnc(Nc3ccc(Cl)cc3)c(=O)n2-n2cccc2)c1. The molecule has 4 rings (SSSR count). The van der Waals surface area contributed by atoms with Crippen LogP contribution in [0.5, 0.6) is 0 Å². The van der Waals surface area contributed by atoms with Gasteiger partial charge in [-0.1, -0.05) is 53.2 Å². The van der Waals surface area contributed by atoms with E-state index in [1.807, 2.05) is 18.2 Å². The molecule has 0 bridgehead atoms. The molecule has 0 radical (unpaired) electrons. The minimum Gasteiger partial charge on any atom is -0.334 e. The van der Waals surface area contributed by atoms with Gasteiger partial charge in [0.15, 0.2) is 0 Å². The van der Waals surface area contributed by atoms with Gasteiger partial charge in [0.05, 0.1) is 0 Å². The minimum absolute atomic E-state index is 0.140. The van der Waals surface area contributed by atoms with E-state index in [4.69, 9.17) is 11.6 Å². The van der Waals surface area contributed by atoms with Crippen LogP contribution in [-0.4, -0.2) is 19.5 Å². The predicted molar refractivity (Wildman–Crippen MR) is 117 cm³/mol. The summed E-state index contributed by atoms with van der Waals surface area (Å²) in [5.41, 5.74) is 2.77. The first-order chi connectivity index (χ1) is 14.1. The third-order valence-electron chi connectivity index (χ3n) is 4.19. The Labute approximate surface area is 177 Å². The lowest BCUT2D eigenvalue weighted by molar-refractivity contribution is 0.533.